The Kier molecular flexibility index (Phi) is 46.5. The maximum Gasteiger partial charge on any atom is 0.472 e. The van der Waals surface area contributed by atoms with Gasteiger partial charge in [0.1, 0.15) is 6.61 Å². The Bertz CT molecular complexity index is 1300. The molecule has 0 spiro atoms. The minimum Gasteiger partial charge on any atom is -0.462 e. The summed E-state index contributed by atoms with van der Waals surface area (Å²) in [4.78, 5) is 35.1. The van der Waals surface area contributed by atoms with Crippen LogP contribution in [0.3, 0.4) is 0 Å². The Morgan fingerprint density at radius 2 is 0.873 bits per heavy atom. The van der Waals surface area contributed by atoms with E-state index in [1.165, 1.54) is 70.6 Å². The average Bonchev–Trinajstić information content (AvgIpc) is 3.27. The molecule has 2 unspecified atom stereocenters. The molecule has 0 bridgehead atoms. The molecule has 10 heteroatoms. The monoisotopic (exact) mass is 902 g/mol. The molecule has 0 fully saturated rings. The van der Waals surface area contributed by atoms with Crippen LogP contribution in [0.5, 0.6) is 0 Å². The minimum absolute atomic E-state index is 0.0466. The molecule has 362 valence electrons. The first-order chi connectivity index (χ1) is 30.8. The Balaban J connectivity index is 4.11. The summed E-state index contributed by atoms with van der Waals surface area (Å²) >= 11 is 0. The number of unbranched alkanes of at least 4 members (excludes halogenated alkanes) is 19. The van der Waals surface area contributed by atoms with E-state index in [0.717, 1.165) is 96.3 Å². The van der Waals surface area contributed by atoms with Crippen LogP contribution in [0.25, 0.3) is 0 Å². The molecule has 2 atom stereocenters. The highest BCUT2D eigenvalue weighted by molar-refractivity contribution is 7.47. The molecule has 0 aliphatic rings. The zero-order valence-corrected chi connectivity index (χ0v) is 40.9. The fraction of sp³-hybridized carbons (Fsp3) is 0.698. The maximum atomic E-state index is 12.7. The highest BCUT2D eigenvalue weighted by Gasteiger charge is 2.26. The van der Waals surface area contributed by atoms with Crippen molar-refractivity contribution in [3.8, 4) is 0 Å². The molecule has 0 saturated carbocycles. The summed E-state index contributed by atoms with van der Waals surface area (Å²) in [7, 11) is -4.39. The molecule has 0 heterocycles. The molecule has 9 nitrogen and oxygen atoms in total. The Morgan fingerprint density at radius 1 is 0.492 bits per heavy atom. The van der Waals surface area contributed by atoms with E-state index in [-0.39, 0.29) is 32.6 Å². The van der Waals surface area contributed by atoms with E-state index in [2.05, 4.69) is 98.9 Å². The minimum atomic E-state index is -4.39. The third-order valence-electron chi connectivity index (χ3n) is 10.3. The van der Waals surface area contributed by atoms with Crippen molar-refractivity contribution in [1.29, 1.82) is 0 Å². The van der Waals surface area contributed by atoms with Crippen LogP contribution in [0.4, 0.5) is 0 Å². The van der Waals surface area contributed by atoms with Crippen molar-refractivity contribution in [1.82, 2.24) is 0 Å². The van der Waals surface area contributed by atoms with Crippen molar-refractivity contribution >= 4 is 19.8 Å². The van der Waals surface area contributed by atoms with Gasteiger partial charge in [0.15, 0.2) is 6.10 Å². The molecule has 0 amide bonds. The third-order valence-corrected chi connectivity index (χ3v) is 11.2. The summed E-state index contributed by atoms with van der Waals surface area (Å²) in [6, 6.07) is 0. The van der Waals surface area contributed by atoms with Gasteiger partial charge < -0.3 is 20.1 Å². The van der Waals surface area contributed by atoms with Gasteiger partial charge in [-0.1, -0.05) is 189 Å². The van der Waals surface area contributed by atoms with E-state index < -0.39 is 32.5 Å². The average molecular weight is 902 g/mol. The van der Waals surface area contributed by atoms with Gasteiger partial charge in [-0.25, -0.2) is 4.57 Å². The number of ether oxygens (including phenoxy) is 2. The zero-order valence-electron chi connectivity index (χ0n) is 40.0. The summed E-state index contributed by atoms with van der Waals surface area (Å²) in [6.45, 7) is 3.58. The Labute approximate surface area is 385 Å². The molecule has 0 saturated heterocycles. The predicted octanol–water partition coefficient (Wildman–Crippen LogP) is 15.2. The van der Waals surface area contributed by atoms with Crippen LogP contribution in [0.15, 0.2) is 85.1 Å². The highest BCUT2D eigenvalue weighted by Crippen LogP contribution is 2.43. The first-order valence-electron chi connectivity index (χ1n) is 25.1. The molecular formula is C53H92NO8P. The Hall–Kier alpha value is -2.81. The maximum absolute atomic E-state index is 12.7. The van der Waals surface area contributed by atoms with Crippen LogP contribution in [-0.2, 0) is 32.7 Å². The lowest BCUT2D eigenvalue weighted by Gasteiger charge is -2.19. The van der Waals surface area contributed by atoms with Crippen molar-refractivity contribution in [2.75, 3.05) is 26.4 Å². The number of hydrogen-bond acceptors (Lipinski definition) is 8. The molecule has 0 aromatic rings. The van der Waals surface area contributed by atoms with Crippen molar-refractivity contribution < 1.29 is 37.6 Å². The van der Waals surface area contributed by atoms with Gasteiger partial charge in [-0.05, 0) is 89.9 Å². The van der Waals surface area contributed by atoms with Gasteiger partial charge in [-0.2, -0.15) is 0 Å². The second kappa shape index (κ2) is 48.6. The van der Waals surface area contributed by atoms with Gasteiger partial charge in [-0.3, -0.25) is 18.6 Å². The second-order valence-corrected chi connectivity index (χ2v) is 17.8. The molecule has 63 heavy (non-hydrogen) atoms. The lowest BCUT2D eigenvalue weighted by molar-refractivity contribution is -0.161. The number of rotatable bonds is 46. The molecule has 0 aromatic heterocycles. The first kappa shape index (κ1) is 60.2. The van der Waals surface area contributed by atoms with E-state index >= 15 is 0 Å². The number of esters is 2. The van der Waals surface area contributed by atoms with Crippen molar-refractivity contribution in [2.45, 2.75) is 213 Å². The molecule has 0 radical (unpaired) electrons. The molecule has 0 rings (SSSR count). The van der Waals surface area contributed by atoms with Crippen LogP contribution in [0, 0.1) is 0 Å². The predicted molar refractivity (Wildman–Crippen MR) is 265 cm³/mol. The summed E-state index contributed by atoms with van der Waals surface area (Å²) in [5.41, 5.74) is 5.36. The molecular weight excluding hydrogens is 810 g/mol. The van der Waals surface area contributed by atoms with Gasteiger partial charge in [0.25, 0.3) is 0 Å². The highest BCUT2D eigenvalue weighted by atomic mass is 31.2. The largest absolute Gasteiger partial charge is 0.472 e. The quantitative estimate of drug-likeness (QED) is 0.0265. The summed E-state index contributed by atoms with van der Waals surface area (Å²) < 4.78 is 32.9. The molecule has 0 aliphatic carbocycles. The number of allylic oxidation sites excluding steroid dienone is 14. The van der Waals surface area contributed by atoms with Crippen LogP contribution < -0.4 is 5.73 Å². The summed E-state index contributed by atoms with van der Waals surface area (Å²) in [5.74, 6) is -0.851. The zero-order chi connectivity index (χ0) is 46.0. The van der Waals surface area contributed by atoms with Crippen molar-refractivity contribution in [3.63, 3.8) is 0 Å². The van der Waals surface area contributed by atoms with E-state index in [9.17, 15) is 19.0 Å². The lowest BCUT2D eigenvalue weighted by atomic mass is 10.0. The third kappa shape index (κ3) is 48.5. The van der Waals surface area contributed by atoms with E-state index in [4.69, 9.17) is 24.3 Å². The summed E-state index contributed by atoms with van der Waals surface area (Å²) in [5, 5.41) is 0. The number of carbonyl (C=O) groups is 2. The molecule has 3 N–H and O–H groups in total. The fourth-order valence-electron chi connectivity index (χ4n) is 6.57. The number of phosphoric acid groups is 1. The standard InChI is InChI=1S/C53H92NO8P/c1-3-5-7-9-11-13-15-17-19-21-23-24-25-26-28-30-32-34-36-38-40-42-44-46-53(56)62-51(50-61-63(57,58)60-48-47-54)49-59-52(55)45-43-41-39-37-35-33-31-29-27-22-20-18-16-14-12-10-8-6-4-2/h5,7,11-14,17-20,23-24,27,29,51H,3-4,6,8-10,15-16,21-22,25-26,28,30-50,54H2,1-2H3,(H,57,58)/b7-5-,13-11-,14-12-,19-17-,20-18-,24-23-,29-27-. The second-order valence-electron chi connectivity index (χ2n) is 16.3. The number of hydrogen-bond donors (Lipinski definition) is 2. The van der Waals surface area contributed by atoms with Gasteiger partial charge in [-0.15, -0.1) is 0 Å². The topological polar surface area (TPSA) is 134 Å². The van der Waals surface area contributed by atoms with Crippen molar-refractivity contribution in [3.05, 3.63) is 85.1 Å². The van der Waals surface area contributed by atoms with Crippen LogP contribution in [0.2, 0.25) is 0 Å². The SMILES string of the molecule is CC/C=C\C/C=C\C/C=C\C/C=C\CCCCCCCCCCCCC(=O)OC(COC(=O)CCCCCCCC/C=C\C/C=C\C/C=C\CCCCC)COP(=O)(O)OCCN. The van der Waals surface area contributed by atoms with E-state index in [1.54, 1.807) is 0 Å². The number of nitrogens with two attached hydrogens (primary N) is 1. The normalized spacial score (nSPS) is 13.9. The van der Waals surface area contributed by atoms with Gasteiger partial charge >= 0.3 is 19.8 Å². The smallest absolute Gasteiger partial charge is 0.462 e. The fourth-order valence-corrected chi connectivity index (χ4v) is 7.34. The van der Waals surface area contributed by atoms with Crippen LogP contribution >= 0.6 is 7.82 Å². The summed E-state index contributed by atoms with van der Waals surface area (Å²) in [6.07, 6.45) is 61.8. The number of carbonyl (C=O) groups excluding carboxylic acids is 2. The van der Waals surface area contributed by atoms with Gasteiger partial charge in [0.05, 0.1) is 13.2 Å². The van der Waals surface area contributed by atoms with Crippen LogP contribution in [0.1, 0.15) is 206 Å². The number of phosphoric ester groups is 1. The molecule has 0 aromatic carbocycles. The lowest BCUT2D eigenvalue weighted by Crippen LogP contribution is -2.29. The van der Waals surface area contributed by atoms with E-state index in [0.29, 0.717) is 12.8 Å². The van der Waals surface area contributed by atoms with E-state index in [1.807, 2.05) is 0 Å². The van der Waals surface area contributed by atoms with Crippen LogP contribution in [-0.4, -0.2) is 49.3 Å². The Morgan fingerprint density at radius 3 is 1.30 bits per heavy atom. The van der Waals surface area contributed by atoms with Gasteiger partial charge in [0.2, 0.25) is 0 Å². The van der Waals surface area contributed by atoms with Crippen molar-refractivity contribution in [2.24, 2.45) is 5.73 Å². The molecule has 0 aliphatic heterocycles. The van der Waals surface area contributed by atoms with Gasteiger partial charge in [0, 0.05) is 19.4 Å². The first-order valence-corrected chi connectivity index (χ1v) is 26.6.